The number of hydrogen-bond acceptors (Lipinski definition) is 6. The maximum atomic E-state index is 11.3. The number of carbonyl (C=O) groups excluding carboxylic acids is 1. The topological polar surface area (TPSA) is 113 Å². The molecule has 0 aliphatic carbocycles. The van der Waals surface area contributed by atoms with Gasteiger partial charge in [-0.15, -0.1) is 10.2 Å². The quantitative estimate of drug-likeness (QED) is 0.598. The highest BCUT2D eigenvalue weighted by molar-refractivity contribution is 5.91. The Morgan fingerprint density at radius 3 is 2.52 bits per heavy atom. The second-order valence-electron chi connectivity index (χ2n) is 4.45. The van der Waals surface area contributed by atoms with Crippen molar-refractivity contribution in [3.63, 3.8) is 0 Å². The van der Waals surface area contributed by atoms with Gasteiger partial charge in [-0.3, -0.25) is 4.79 Å². The van der Waals surface area contributed by atoms with Crippen molar-refractivity contribution in [1.82, 2.24) is 15.5 Å². The molecule has 1 amide bonds. The van der Waals surface area contributed by atoms with E-state index in [1.54, 1.807) is 36.4 Å². The zero-order valence-electron chi connectivity index (χ0n) is 11.6. The molecule has 1 aromatic carbocycles. The van der Waals surface area contributed by atoms with Crippen molar-refractivity contribution >= 4 is 17.4 Å². The normalized spacial score (nSPS) is 11.7. The number of hydrogen-bond donors (Lipinski definition) is 4. The summed E-state index contributed by atoms with van der Waals surface area (Å²) in [6.07, 6.45) is -0.689. The number of aliphatic hydroxyl groups excluding tert-OH is 1. The number of aromatic nitrogens is 2. The van der Waals surface area contributed by atoms with Crippen LogP contribution in [0.15, 0.2) is 36.4 Å². The summed E-state index contributed by atoms with van der Waals surface area (Å²) in [7, 11) is 1.53. The Balaban J connectivity index is 1.93. The first kappa shape index (κ1) is 14.7. The van der Waals surface area contributed by atoms with E-state index in [1.807, 2.05) is 0 Å². The SMILES string of the molecule is CNC(=O)c1ccc(NCC(O)c2ccc(N)cc2)nn1. The molecule has 5 N–H and O–H groups in total. The van der Waals surface area contributed by atoms with Gasteiger partial charge in [-0.05, 0) is 29.8 Å². The van der Waals surface area contributed by atoms with Crippen LogP contribution in [0.25, 0.3) is 0 Å². The molecular formula is C14H17N5O2. The van der Waals surface area contributed by atoms with Crippen LogP contribution in [0.2, 0.25) is 0 Å². The third-order valence-electron chi connectivity index (χ3n) is 2.92. The third kappa shape index (κ3) is 3.90. The highest BCUT2D eigenvalue weighted by Gasteiger charge is 2.09. The summed E-state index contributed by atoms with van der Waals surface area (Å²) in [4.78, 5) is 11.3. The average Bonchev–Trinajstić information content (AvgIpc) is 2.53. The summed E-state index contributed by atoms with van der Waals surface area (Å²) in [5.41, 5.74) is 7.24. The molecule has 0 aliphatic heterocycles. The van der Waals surface area contributed by atoms with Crippen LogP contribution >= 0.6 is 0 Å². The molecular weight excluding hydrogens is 270 g/mol. The Hall–Kier alpha value is -2.67. The Bertz CT molecular complexity index is 598. The summed E-state index contributed by atoms with van der Waals surface area (Å²) in [5, 5.41) is 23.1. The molecule has 21 heavy (non-hydrogen) atoms. The first-order valence-corrected chi connectivity index (χ1v) is 6.43. The molecule has 0 fully saturated rings. The number of nitrogens with two attached hydrogens (primary N) is 1. The molecule has 0 saturated carbocycles. The molecule has 0 saturated heterocycles. The van der Waals surface area contributed by atoms with Gasteiger partial charge in [0.2, 0.25) is 0 Å². The van der Waals surface area contributed by atoms with E-state index in [4.69, 9.17) is 5.73 Å². The van der Waals surface area contributed by atoms with E-state index in [9.17, 15) is 9.90 Å². The zero-order chi connectivity index (χ0) is 15.2. The minimum Gasteiger partial charge on any atom is -0.399 e. The number of nitrogen functional groups attached to an aromatic ring is 1. The molecule has 110 valence electrons. The van der Waals surface area contributed by atoms with Crippen molar-refractivity contribution in [2.75, 3.05) is 24.6 Å². The van der Waals surface area contributed by atoms with E-state index in [1.165, 1.54) is 7.05 Å². The van der Waals surface area contributed by atoms with Crippen molar-refractivity contribution in [2.45, 2.75) is 6.10 Å². The van der Waals surface area contributed by atoms with E-state index in [-0.39, 0.29) is 18.1 Å². The molecule has 7 heteroatoms. The molecule has 1 atom stereocenters. The van der Waals surface area contributed by atoms with Crippen LogP contribution in [0.4, 0.5) is 11.5 Å². The minimum atomic E-state index is -0.689. The lowest BCUT2D eigenvalue weighted by atomic mass is 10.1. The summed E-state index contributed by atoms with van der Waals surface area (Å²) in [5.74, 6) is 0.188. The monoisotopic (exact) mass is 287 g/mol. The Morgan fingerprint density at radius 1 is 1.24 bits per heavy atom. The first-order valence-electron chi connectivity index (χ1n) is 6.43. The maximum Gasteiger partial charge on any atom is 0.271 e. The second-order valence-corrected chi connectivity index (χ2v) is 4.45. The minimum absolute atomic E-state index is 0.238. The van der Waals surface area contributed by atoms with Crippen molar-refractivity contribution in [1.29, 1.82) is 0 Å². The van der Waals surface area contributed by atoms with Gasteiger partial charge in [-0.2, -0.15) is 0 Å². The number of amides is 1. The molecule has 1 aromatic heterocycles. The van der Waals surface area contributed by atoms with Gasteiger partial charge in [-0.1, -0.05) is 12.1 Å². The van der Waals surface area contributed by atoms with Crippen LogP contribution in [0, 0.1) is 0 Å². The van der Waals surface area contributed by atoms with Crippen molar-refractivity contribution in [3.8, 4) is 0 Å². The summed E-state index contributed by atoms with van der Waals surface area (Å²) < 4.78 is 0. The summed E-state index contributed by atoms with van der Waals surface area (Å²) in [6.45, 7) is 0.276. The van der Waals surface area contributed by atoms with Gasteiger partial charge in [0.05, 0.1) is 6.10 Å². The number of aliphatic hydroxyl groups is 1. The highest BCUT2D eigenvalue weighted by Crippen LogP contribution is 2.15. The first-order chi connectivity index (χ1) is 10.1. The van der Waals surface area contributed by atoms with Gasteiger partial charge < -0.3 is 21.5 Å². The molecule has 0 bridgehead atoms. The largest absolute Gasteiger partial charge is 0.399 e. The summed E-state index contributed by atoms with van der Waals surface area (Å²) >= 11 is 0. The van der Waals surface area contributed by atoms with Gasteiger partial charge in [0.15, 0.2) is 5.69 Å². The smallest absolute Gasteiger partial charge is 0.271 e. The van der Waals surface area contributed by atoms with Crippen molar-refractivity contribution < 1.29 is 9.90 Å². The Kier molecular flexibility index (Phi) is 4.68. The van der Waals surface area contributed by atoms with Crippen LogP contribution < -0.4 is 16.4 Å². The van der Waals surface area contributed by atoms with Crippen LogP contribution in [-0.4, -0.2) is 34.8 Å². The highest BCUT2D eigenvalue weighted by atomic mass is 16.3. The lowest BCUT2D eigenvalue weighted by Crippen LogP contribution is -2.20. The standard InChI is InChI=1S/C14H17N5O2/c1-16-14(21)11-6-7-13(19-18-11)17-8-12(20)9-2-4-10(15)5-3-9/h2-7,12,20H,8,15H2,1H3,(H,16,21)(H,17,19). The number of carbonyl (C=O) groups is 1. The van der Waals surface area contributed by atoms with Crippen LogP contribution in [0.3, 0.4) is 0 Å². The third-order valence-corrected chi connectivity index (χ3v) is 2.92. The lowest BCUT2D eigenvalue weighted by molar-refractivity contribution is 0.0957. The van der Waals surface area contributed by atoms with E-state index >= 15 is 0 Å². The van der Waals surface area contributed by atoms with Crippen LogP contribution in [0.5, 0.6) is 0 Å². The number of benzene rings is 1. The predicted molar refractivity (Wildman–Crippen MR) is 79.7 cm³/mol. The van der Waals surface area contributed by atoms with E-state index in [0.717, 1.165) is 5.56 Å². The van der Waals surface area contributed by atoms with Gasteiger partial charge in [0.1, 0.15) is 5.82 Å². The lowest BCUT2D eigenvalue weighted by Gasteiger charge is -2.12. The maximum absolute atomic E-state index is 11.3. The van der Waals surface area contributed by atoms with Gasteiger partial charge >= 0.3 is 0 Å². The Labute approximate surface area is 122 Å². The summed E-state index contributed by atoms with van der Waals surface area (Å²) in [6, 6.07) is 10.2. The molecule has 0 radical (unpaired) electrons. The molecule has 2 rings (SSSR count). The number of nitrogens with one attached hydrogen (secondary N) is 2. The van der Waals surface area contributed by atoms with Crippen LogP contribution in [-0.2, 0) is 0 Å². The molecule has 7 nitrogen and oxygen atoms in total. The molecule has 0 aliphatic rings. The van der Waals surface area contributed by atoms with E-state index in [0.29, 0.717) is 11.5 Å². The van der Waals surface area contributed by atoms with Crippen molar-refractivity contribution in [3.05, 3.63) is 47.7 Å². The number of anilines is 2. The number of nitrogens with zero attached hydrogens (tertiary/aromatic N) is 2. The van der Waals surface area contributed by atoms with Crippen molar-refractivity contribution in [2.24, 2.45) is 0 Å². The Morgan fingerprint density at radius 2 is 1.95 bits per heavy atom. The second kappa shape index (κ2) is 6.67. The van der Waals surface area contributed by atoms with Gasteiger partial charge in [0, 0.05) is 19.3 Å². The molecule has 1 unspecified atom stereocenters. The average molecular weight is 287 g/mol. The van der Waals surface area contributed by atoms with Crippen LogP contribution in [0.1, 0.15) is 22.2 Å². The predicted octanol–water partition coefficient (Wildman–Crippen LogP) is 0.564. The molecule has 2 aromatic rings. The van der Waals surface area contributed by atoms with Gasteiger partial charge in [0.25, 0.3) is 5.91 Å². The fourth-order valence-electron chi connectivity index (χ4n) is 1.71. The fraction of sp³-hybridized carbons (Fsp3) is 0.214. The molecule has 1 heterocycles. The van der Waals surface area contributed by atoms with Gasteiger partial charge in [-0.25, -0.2) is 0 Å². The number of rotatable bonds is 5. The zero-order valence-corrected chi connectivity index (χ0v) is 11.6. The fourth-order valence-corrected chi connectivity index (χ4v) is 1.71. The van der Waals surface area contributed by atoms with E-state index < -0.39 is 6.10 Å². The molecule has 0 spiro atoms. The van der Waals surface area contributed by atoms with E-state index in [2.05, 4.69) is 20.8 Å².